The van der Waals surface area contributed by atoms with E-state index in [9.17, 15) is 4.79 Å². The third kappa shape index (κ3) is 1.81. The maximum absolute atomic E-state index is 12.5. The lowest BCUT2D eigenvalue weighted by Crippen LogP contribution is -2.20. The molecule has 0 saturated carbocycles. The highest BCUT2D eigenvalue weighted by Gasteiger charge is 2.22. The Labute approximate surface area is 121 Å². The summed E-state index contributed by atoms with van der Waals surface area (Å²) < 4.78 is 3.40. The van der Waals surface area contributed by atoms with Crippen LogP contribution < -0.4 is 5.56 Å². The largest absolute Gasteiger partial charge is 0.292 e. The van der Waals surface area contributed by atoms with Gasteiger partial charge in [-0.25, -0.2) is 4.98 Å². The van der Waals surface area contributed by atoms with Crippen LogP contribution >= 0.6 is 0 Å². The fraction of sp³-hybridized carbons (Fsp3) is 0.188. The molecule has 21 heavy (non-hydrogen) atoms. The molecule has 0 atom stereocenters. The molecule has 0 unspecified atom stereocenters. The molecule has 0 aliphatic carbocycles. The summed E-state index contributed by atoms with van der Waals surface area (Å²) in [6.45, 7) is 0.685. The first kappa shape index (κ1) is 12.1. The Morgan fingerprint density at radius 1 is 1.24 bits per heavy atom. The predicted octanol–water partition coefficient (Wildman–Crippen LogP) is 2.07. The van der Waals surface area contributed by atoms with Crippen LogP contribution in [0.1, 0.15) is 17.8 Å². The zero-order valence-electron chi connectivity index (χ0n) is 11.7. The van der Waals surface area contributed by atoms with Crippen LogP contribution in [-0.2, 0) is 13.6 Å². The van der Waals surface area contributed by atoms with Crippen molar-refractivity contribution in [2.75, 3.05) is 0 Å². The van der Waals surface area contributed by atoms with E-state index in [1.165, 1.54) is 0 Å². The van der Waals surface area contributed by atoms with E-state index in [0.29, 0.717) is 17.6 Å². The van der Waals surface area contributed by atoms with Gasteiger partial charge >= 0.3 is 0 Å². The quantitative estimate of drug-likeness (QED) is 0.684. The maximum Gasteiger partial charge on any atom is 0.264 e. The highest BCUT2D eigenvalue weighted by molar-refractivity contribution is 5.83. The van der Waals surface area contributed by atoms with Crippen molar-refractivity contribution in [2.45, 2.75) is 13.0 Å². The Hall–Kier alpha value is -2.69. The van der Waals surface area contributed by atoms with Gasteiger partial charge in [0.1, 0.15) is 11.2 Å². The minimum Gasteiger partial charge on any atom is -0.292 e. The van der Waals surface area contributed by atoms with Crippen LogP contribution in [0.3, 0.4) is 0 Å². The van der Waals surface area contributed by atoms with Crippen molar-refractivity contribution in [1.82, 2.24) is 19.3 Å². The summed E-state index contributed by atoms with van der Waals surface area (Å²) in [6, 6.07) is 10.1. The molecule has 104 valence electrons. The summed E-state index contributed by atoms with van der Waals surface area (Å²) >= 11 is 0. The number of aromatic nitrogens is 4. The highest BCUT2D eigenvalue weighted by Crippen LogP contribution is 2.27. The molecule has 0 saturated heterocycles. The Balaban J connectivity index is 1.94. The zero-order valence-corrected chi connectivity index (χ0v) is 11.7. The molecule has 0 amide bonds. The minimum absolute atomic E-state index is 0.000406. The van der Waals surface area contributed by atoms with Crippen LogP contribution in [0.2, 0.25) is 0 Å². The molecular weight excluding hydrogens is 264 g/mol. The van der Waals surface area contributed by atoms with Gasteiger partial charge in [0, 0.05) is 13.6 Å². The average molecular weight is 278 g/mol. The fourth-order valence-corrected chi connectivity index (χ4v) is 2.80. The van der Waals surface area contributed by atoms with Crippen LogP contribution in [0, 0.1) is 0 Å². The lowest BCUT2D eigenvalue weighted by atomic mass is 10.1. The molecule has 3 heterocycles. The van der Waals surface area contributed by atoms with Crippen molar-refractivity contribution in [1.29, 1.82) is 0 Å². The number of hydrogen-bond donors (Lipinski definition) is 0. The number of fused-ring (bicyclic) bond motifs is 2. The summed E-state index contributed by atoms with van der Waals surface area (Å²) in [4.78, 5) is 17.1. The van der Waals surface area contributed by atoms with Crippen LogP contribution in [-0.4, -0.2) is 19.3 Å². The van der Waals surface area contributed by atoms with Crippen LogP contribution in [0.4, 0.5) is 0 Å². The standard InChI is InChI=1S/C16H14N4O/c1-19-15-13(10-17-19)16(21)20-8-7-12(14(20)18-15)9-11-5-3-2-4-6-11/h2-6,9-10H,7-8H2,1H3/b12-9+. The molecule has 1 aliphatic heterocycles. The molecule has 5 nitrogen and oxygen atoms in total. The number of benzene rings is 1. The van der Waals surface area contributed by atoms with Gasteiger partial charge in [0.15, 0.2) is 5.65 Å². The van der Waals surface area contributed by atoms with Crippen LogP contribution in [0.15, 0.2) is 41.3 Å². The van der Waals surface area contributed by atoms with Gasteiger partial charge in [0.25, 0.3) is 5.56 Å². The Kier molecular flexibility index (Phi) is 2.54. The maximum atomic E-state index is 12.5. The lowest BCUT2D eigenvalue weighted by Gasteiger charge is -2.03. The van der Waals surface area contributed by atoms with E-state index in [1.807, 2.05) is 18.2 Å². The van der Waals surface area contributed by atoms with Crippen molar-refractivity contribution in [2.24, 2.45) is 7.05 Å². The second-order valence-corrected chi connectivity index (χ2v) is 5.23. The van der Waals surface area contributed by atoms with Crippen molar-refractivity contribution in [3.63, 3.8) is 0 Å². The van der Waals surface area contributed by atoms with Crippen molar-refractivity contribution in [3.8, 4) is 0 Å². The van der Waals surface area contributed by atoms with Gasteiger partial charge in [-0.1, -0.05) is 30.3 Å². The van der Waals surface area contributed by atoms with Gasteiger partial charge < -0.3 is 0 Å². The monoisotopic (exact) mass is 278 g/mol. The number of aryl methyl sites for hydroxylation is 1. The van der Waals surface area contributed by atoms with E-state index in [1.54, 1.807) is 22.5 Å². The van der Waals surface area contributed by atoms with E-state index in [4.69, 9.17) is 0 Å². The number of rotatable bonds is 1. The first-order valence-electron chi connectivity index (χ1n) is 6.92. The summed E-state index contributed by atoms with van der Waals surface area (Å²) in [5, 5.41) is 4.71. The molecule has 4 rings (SSSR count). The molecule has 2 aromatic heterocycles. The Bertz CT molecular complexity index is 919. The van der Waals surface area contributed by atoms with Gasteiger partial charge in [0.2, 0.25) is 0 Å². The molecule has 0 bridgehead atoms. The topological polar surface area (TPSA) is 52.7 Å². The van der Waals surface area contributed by atoms with Crippen LogP contribution in [0.25, 0.3) is 22.7 Å². The molecule has 0 fully saturated rings. The molecule has 1 aliphatic rings. The summed E-state index contributed by atoms with van der Waals surface area (Å²) in [7, 11) is 1.81. The van der Waals surface area contributed by atoms with E-state index in [-0.39, 0.29) is 5.56 Å². The third-order valence-corrected chi connectivity index (χ3v) is 3.88. The summed E-state index contributed by atoms with van der Waals surface area (Å²) in [6.07, 6.45) is 4.53. The normalized spacial score (nSPS) is 15.8. The Morgan fingerprint density at radius 3 is 2.86 bits per heavy atom. The molecule has 5 heteroatoms. The zero-order chi connectivity index (χ0) is 14.4. The molecule has 0 spiro atoms. The third-order valence-electron chi connectivity index (χ3n) is 3.88. The second kappa shape index (κ2) is 4.41. The second-order valence-electron chi connectivity index (χ2n) is 5.23. The lowest BCUT2D eigenvalue weighted by molar-refractivity contribution is 0.720. The fourth-order valence-electron chi connectivity index (χ4n) is 2.80. The summed E-state index contributed by atoms with van der Waals surface area (Å²) in [5.41, 5.74) is 2.87. The smallest absolute Gasteiger partial charge is 0.264 e. The van der Waals surface area contributed by atoms with Gasteiger partial charge in [-0.3, -0.25) is 14.0 Å². The van der Waals surface area contributed by atoms with E-state index in [0.717, 1.165) is 23.4 Å². The van der Waals surface area contributed by atoms with E-state index < -0.39 is 0 Å². The predicted molar refractivity (Wildman–Crippen MR) is 81.7 cm³/mol. The first-order chi connectivity index (χ1) is 10.2. The molecule has 0 N–H and O–H groups in total. The molecule has 3 aromatic rings. The van der Waals surface area contributed by atoms with Gasteiger partial charge in [-0.2, -0.15) is 5.10 Å². The molecular formula is C16H14N4O. The number of nitrogens with zero attached hydrogens (tertiary/aromatic N) is 4. The van der Waals surface area contributed by atoms with Crippen molar-refractivity contribution in [3.05, 3.63) is 58.3 Å². The number of allylic oxidation sites excluding steroid dienone is 1. The average Bonchev–Trinajstić information content (AvgIpc) is 3.07. The van der Waals surface area contributed by atoms with Crippen LogP contribution in [0.5, 0.6) is 0 Å². The highest BCUT2D eigenvalue weighted by atomic mass is 16.1. The van der Waals surface area contributed by atoms with E-state index >= 15 is 0 Å². The minimum atomic E-state index is -0.000406. The molecule has 1 aromatic carbocycles. The first-order valence-corrected chi connectivity index (χ1v) is 6.92. The Morgan fingerprint density at radius 2 is 2.05 bits per heavy atom. The van der Waals surface area contributed by atoms with E-state index in [2.05, 4.69) is 28.3 Å². The van der Waals surface area contributed by atoms with Gasteiger partial charge in [0.05, 0.1) is 6.20 Å². The van der Waals surface area contributed by atoms with Gasteiger partial charge in [-0.15, -0.1) is 0 Å². The van der Waals surface area contributed by atoms with Gasteiger partial charge in [-0.05, 0) is 23.6 Å². The summed E-state index contributed by atoms with van der Waals surface area (Å²) in [5.74, 6) is 0.764. The van der Waals surface area contributed by atoms with Crippen molar-refractivity contribution < 1.29 is 0 Å². The molecule has 0 radical (unpaired) electrons. The number of hydrogen-bond acceptors (Lipinski definition) is 3. The van der Waals surface area contributed by atoms with Crippen molar-refractivity contribution >= 4 is 22.7 Å². The SMILES string of the molecule is Cn1ncc2c(=O)n3c(nc21)/C(=C/c1ccccc1)CC3.